The number of nitrogens with zero attached hydrogens (tertiary/aromatic N) is 3. The Morgan fingerprint density at radius 1 is 0.923 bits per heavy atom. The number of carbonyl (C=O) groups is 4. The van der Waals surface area contributed by atoms with Gasteiger partial charge in [-0.05, 0) is 57.2 Å². The number of likely N-dealkylation sites (tertiary alicyclic amines) is 1. The summed E-state index contributed by atoms with van der Waals surface area (Å²) in [6.07, 6.45) is 1.74. The standard InChI is InChI=1S/C41H71N5O6/c1-14-27(6)37(45(12)41(51)35(25(2)3)43-40(50)36(26(4)5)44(10)11)32(24-47)23-34(48)46-22-18-21-33(46)38(52-13)29(8)39(49)42-30(9)28(7)31-19-16-15-17-20-31/h15-17,19-20,25-30,32-33,35-38,47H,14,18,21-24H2,1-13H3,(H,42,49)(H,43,50)/t27-,28+,29+,30+,32-,33-,35-,36-,37-,38+/m0/s1. The van der Waals surface area contributed by atoms with Gasteiger partial charge in [0.05, 0.1) is 24.1 Å². The highest BCUT2D eigenvalue weighted by atomic mass is 16.5. The molecule has 52 heavy (non-hydrogen) atoms. The summed E-state index contributed by atoms with van der Waals surface area (Å²) in [5.74, 6) is -1.79. The first-order valence-electron chi connectivity index (χ1n) is 19.4. The molecule has 1 heterocycles. The van der Waals surface area contributed by atoms with E-state index >= 15 is 0 Å². The number of nitrogens with one attached hydrogen (secondary N) is 2. The van der Waals surface area contributed by atoms with E-state index in [1.54, 1.807) is 19.1 Å². The number of benzene rings is 1. The van der Waals surface area contributed by atoms with Crippen molar-refractivity contribution in [2.45, 2.75) is 130 Å². The normalized spacial score (nSPS) is 20.1. The number of hydrogen-bond acceptors (Lipinski definition) is 7. The lowest BCUT2D eigenvalue weighted by molar-refractivity contribution is -0.145. The fourth-order valence-electron chi connectivity index (χ4n) is 8.10. The first-order valence-corrected chi connectivity index (χ1v) is 19.4. The molecule has 0 saturated carbocycles. The summed E-state index contributed by atoms with van der Waals surface area (Å²) in [6, 6.07) is 8.07. The molecule has 10 atom stereocenters. The van der Waals surface area contributed by atoms with Crippen LogP contribution in [0.15, 0.2) is 30.3 Å². The third kappa shape index (κ3) is 11.5. The molecule has 1 aromatic rings. The van der Waals surface area contributed by atoms with Crippen LogP contribution >= 0.6 is 0 Å². The molecule has 11 heteroatoms. The van der Waals surface area contributed by atoms with Gasteiger partial charge in [0, 0.05) is 57.6 Å². The average Bonchev–Trinajstić information content (AvgIpc) is 3.59. The first kappa shape index (κ1) is 45.1. The van der Waals surface area contributed by atoms with Gasteiger partial charge in [-0.15, -0.1) is 0 Å². The van der Waals surface area contributed by atoms with E-state index in [1.165, 1.54) is 0 Å². The van der Waals surface area contributed by atoms with E-state index in [0.717, 1.165) is 18.4 Å². The van der Waals surface area contributed by atoms with Crippen molar-refractivity contribution in [3.63, 3.8) is 0 Å². The predicted molar refractivity (Wildman–Crippen MR) is 207 cm³/mol. The lowest BCUT2D eigenvalue weighted by atomic mass is 9.83. The van der Waals surface area contributed by atoms with Crippen LogP contribution in [-0.2, 0) is 23.9 Å². The van der Waals surface area contributed by atoms with Gasteiger partial charge in [0.15, 0.2) is 0 Å². The van der Waals surface area contributed by atoms with Crippen LogP contribution in [0.5, 0.6) is 0 Å². The van der Waals surface area contributed by atoms with Crippen molar-refractivity contribution in [3.8, 4) is 0 Å². The Bertz CT molecular complexity index is 1270. The zero-order valence-electron chi connectivity index (χ0n) is 34.4. The summed E-state index contributed by atoms with van der Waals surface area (Å²) in [7, 11) is 7.02. The van der Waals surface area contributed by atoms with Crippen LogP contribution in [0.4, 0.5) is 0 Å². The van der Waals surface area contributed by atoms with E-state index in [4.69, 9.17) is 4.74 Å². The molecule has 296 valence electrons. The number of likely N-dealkylation sites (N-methyl/N-ethyl adjacent to an activating group) is 2. The molecule has 0 unspecified atom stereocenters. The highest BCUT2D eigenvalue weighted by molar-refractivity contribution is 5.90. The second kappa shape index (κ2) is 21.0. The van der Waals surface area contributed by atoms with Crippen LogP contribution in [0.3, 0.4) is 0 Å². The van der Waals surface area contributed by atoms with Crippen molar-refractivity contribution < 1.29 is 29.0 Å². The van der Waals surface area contributed by atoms with Gasteiger partial charge in [-0.2, -0.15) is 0 Å². The lowest BCUT2D eigenvalue weighted by Gasteiger charge is -2.41. The molecular weight excluding hydrogens is 658 g/mol. The molecule has 1 fully saturated rings. The molecule has 1 aliphatic rings. The molecule has 0 aliphatic carbocycles. The Morgan fingerprint density at radius 3 is 2.04 bits per heavy atom. The fourth-order valence-corrected chi connectivity index (χ4v) is 8.10. The SMILES string of the molecule is CC[C@H](C)[C@@H]([C@H](CO)CC(=O)N1CCC[C@H]1[C@H](OC)[C@@H](C)C(=O)N[C@H](C)[C@@H](C)c1ccccc1)N(C)C(=O)[C@@H](NC(=O)[C@H](C(C)C)N(C)C)C(C)C. The molecule has 0 aromatic heterocycles. The number of rotatable bonds is 20. The van der Waals surface area contributed by atoms with Crippen molar-refractivity contribution in [1.29, 1.82) is 0 Å². The maximum absolute atomic E-state index is 14.2. The van der Waals surface area contributed by atoms with E-state index in [-0.39, 0.29) is 72.4 Å². The Kier molecular flexibility index (Phi) is 18.2. The van der Waals surface area contributed by atoms with E-state index in [0.29, 0.717) is 13.0 Å². The minimum absolute atomic E-state index is 0.0299. The molecule has 1 aliphatic heterocycles. The molecular formula is C41H71N5O6. The van der Waals surface area contributed by atoms with Crippen molar-refractivity contribution in [2.75, 3.05) is 41.4 Å². The zero-order valence-corrected chi connectivity index (χ0v) is 34.4. The van der Waals surface area contributed by atoms with E-state index in [1.807, 2.05) is 97.5 Å². The van der Waals surface area contributed by atoms with Gasteiger partial charge in [-0.25, -0.2) is 0 Å². The maximum atomic E-state index is 14.2. The highest BCUT2D eigenvalue weighted by Gasteiger charge is 2.43. The van der Waals surface area contributed by atoms with Gasteiger partial charge in [0.1, 0.15) is 6.04 Å². The third-order valence-corrected chi connectivity index (χ3v) is 11.5. The first-order chi connectivity index (χ1) is 24.4. The number of hydrogen-bond donors (Lipinski definition) is 3. The van der Waals surface area contributed by atoms with Gasteiger partial charge in [-0.1, -0.05) is 92.1 Å². The zero-order chi connectivity index (χ0) is 39.4. The van der Waals surface area contributed by atoms with Gasteiger partial charge >= 0.3 is 0 Å². The summed E-state index contributed by atoms with van der Waals surface area (Å²) in [5, 5.41) is 17.0. The number of aliphatic hydroxyl groups excluding tert-OH is 1. The van der Waals surface area contributed by atoms with E-state index in [2.05, 4.69) is 29.7 Å². The second-order valence-electron chi connectivity index (χ2n) is 16.1. The molecule has 3 N–H and O–H groups in total. The third-order valence-electron chi connectivity index (χ3n) is 11.5. The van der Waals surface area contributed by atoms with Crippen molar-refractivity contribution >= 4 is 23.6 Å². The quantitative estimate of drug-likeness (QED) is 0.180. The van der Waals surface area contributed by atoms with Gasteiger partial charge < -0.3 is 30.3 Å². The second-order valence-corrected chi connectivity index (χ2v) is 16.1. The number of carbonyl (C=O) groups excluding carboxylic acids is 4. The number of aliphatic hydroxyl groups is 1. The number of amides is 4. The van der Waals surface area contributed by atoms with Gasteiger partial charge in [0.25, 0.3) is 0 Å². The maximum Gasteiger partial charge on any atom is 0.245 e. The van der Waals surface area contributed by atoms with E-state index in [9.17, 15) is 24.3 Å². The summed E-state index contributed by atoms with van der Waals surface area (Å²) in [6.45, 7) is 18.0. The monoisotopic (exact) mass is 730 g/mol. The minimum Gasteiger partial charge on any atom is -0.396 e. The molecule has 0 bridgehead atoms. The predicted octanol–water partition coefficient (Wildman–Crippen LogP) is 4.54. The van der Waals surface area contributed by atoms with Crippen molar-refractivity contribution in [1.82, 2.24) is 25.3 Å². The summed E-state index contributed by atoms with van der Waals surface area (Å²) < 4.78 is 5.96. The molecule has 1 saturated heterocycles. The van der Waals surface area contributed by atoms with E-state index < -0.39 is 36.1 Å². The van der Waals surface area contributed by atoms with Crippen molar-refractivity contribution in [2.24, 2.45) is 29.6 Å². The molecule has 0 radical (unpaired) electrons. The summed E-state index contributed by atoms with van der Waals surface area (Å²) in [5.41, 5.74) is 1.15. The van der Waals surface area contributed by atoms with Crippen LogP contribution < -0.4 is 10.6 Å². The smallest absolute Gasteiger partial charge is 0.245 e. The minimum atomic E-state index is -0.767. The van der Waals surface area contributed by atoms with Gasteiger partial charge in [0.2, 0.25) is 23.6 Å². The number of ether oxygens (including phenoxy) is 1. The van der Waals surface area contributed by atoms with Crippen LogP contribution in [0.2, 0.25) is 0 Å². The Hall–Kier alpha value is -3.02. The topological polar surface area (TPSA) is 132 Å². The number of methoxy groups -OCH3 is 1. The molecule has 1 aromatic carbocycles. The fraction of sp³-hybridized carbons (Fsp3) is 0.756. The molecule has 4 amide bonds. The van der Waals surface area contributed by atoms with Crippen LogP contribution in [0.25, 0.3) is 0 Å². The Labute approximate surface area is 314 Å². The average molecular weight is 730 g/mol. The van der Waals surface area contributed by atoms with Crippen LogP contribution in [0.1, 0.15) is 99.5 Å². The Balaban J connectivity index is 2.25. The summed E-state index contributed by atoms with van der Waals surface area (Å²) >= 11 is 0. The largest absolute Gasteiger partial charge is 0.396 e. The van der Waals surface area contributed by atoms with Crippen molar-refractivity contribution in [3.05, 3.63) is 35.9 Å². The highest BCUT2D eigenvalue weighted by Crippen LogP contribution is 2.31. The van der Waals surface area contributed by atoms with Crippen LogP contribution in [0, 0.1) is 29.6 Å². The molecule has 11 nitrogen and oxygen atoms in total. The molecule has 2 rings (SSSR count). The summed E-state index contributed by atoms with van der Waals surface area (Å²) in [4.78, 5) is 60.6. The lowest BCUT2D eigenvalue weighted by Crippen LogP contribution is -2.59. The Morgan fingerprint density at radius 2 is 1.54 bits per heavy atom. The molecule has 0 spiro atoms. The van der Waals surface area contributed by atoms with Gasteiger partial charge in [-0.3, -0.25) is 24.1 Å². The van der Waals surface area contributed by atoms with Crippen LogP contribution in [-0.4, -0.2) is 121 Å².